The van der Waals surface area contributed by atoms with Crippen LogP contribution in [0.2, 0.25) is 0 Å². The number of nitrogens with zero attached hydrogens (tertiary/aromatic N) is 1. The number of benzene rings is 1. The second-order valence-corrected chi connectivity index (χ2v) is 4.46. The molecule has 0 saturated heterocycles. The number of nitro benzene ring substituents is 1. The number of nitro groups is 1. The van der Waals surface area contributed by atoms with Gasteiger partial charge in [0.15, 0.2) is 0 Å². The van der Waals surface area contributed by atoms with E-state index >= 15 is 0 Å². The molecule has 17 heavy (non-hydrogen) atoms. The molecule has 0 heterocycles. The molecule has 6 heteroatoms. The third-order valence-corrected chi connectivity index (χ3v) is 1.82. The lowest BCUT2D eigenvalue weighted by Crippen LogP contribution is -2.23. The molecule has 1 rings (SSSR count). The van der Waals surface area contributed by atoms with E-state index in [-0.39, 0.29) is 5.56 Å². The highest BCUT2D eigenvalue weighted by molar-refractivity contribution is 5.92. The molecule has 92 valence electrons. The van der Waals surface area contributed by atoms with Crippen LogP contribution in [0.4, 0.5) is 5.69 Å². The molecule has 0 aromatic heterocycles. The summed E-state index contributed by atoms with van der Waals surface area (Å²) in [4.78, 5) is 20.8. The van der Waals surface area contributed by atoms with Gasteiger partial charge in [0, 0.05) is 12.1 Å². The summed E-state index contributed by atoms with van der Waals surface area (Å²) < 4.78 is 5.44. The Kier molecular flexibility index (Phi) is 3.36. The average molecular weight is 239 g/mol. The fourth-order valence-corrected chi connectivity index (χ4v) is 1.26. The van der Waals surface area contributed by atoms with E-state index in [2.05, 4.69) is 0 Å². The molecule has 0 amide bonds. The van der Waals surface area contributed by atoms with E-state index in [1.54, 1.807) is 20.8 Å². The van der Waals surface area contributed by atoms with Crippen LogP contribution < -0.4 is 4.74 Å². The number of carbonyl (C=O) groups is 1. The summed E-state index contributed by atoms with van der Waals surface area (Å²) in [5.41, 5.74) is -1.32. The van der Waals surface area contributed by atoms with Gasteiger partial charge in [-0.2, -0.15) is 0 Å². The van der Waals surface area contributed by atoms with Gasteiger partial charge in [0.1, 0.15) is 16.9 Å². The molecule has 1 aromatic carbocycles. The molecule has 0 aliphatic carbocycles. The zero-order chi connectivity index (χ0) is 13.2. The quantitative estimate of drug-likeness (QED) is 0.646. The first-order chi connectivity index (χ1) is 7.70. The predicted molar refractivity (Wildman–Crippen MR) is 60.4 cm³/mol. The van der Waals surface area contributed by atoms with E-state index in [1.165, 1.54) is 6.07 Å². The number of carboxylic acids is 1. The third-order valence-electron chi connectivity index (χ3n) is 1.82. The fourth-order valence-electron chi connectivity index (χ4n) is 1.26. The number of hydrogen-bond donors (Lipinski definition) is 1. The van der Waals surface area contributed by atoms with Gasteiger partial charge in [-0.05, 0) is 26.8 Å². The van der Waals surface area contributed by atoms with E-state index in [0.717, 1.165) is 12.1 Å². The minimum atomic E-state index is -1.35. The smallest absolute Gasteiger partial charge is 0.342 e. The molecular weight excluding hydrogens is 226 g/mol. The molecule has 0 bridgehead atoms. The Hall–Kier alpha value is -2.11. The molecule has 0 saturated carbocycles. The van der Waals surface area contributed by atoms with Crippen LogP contribution in [0.15, 0.2) is 18.2 Å². The van der Waals surface area contributed by atoms with Crippen molar-refractivity contribution in [3.8, 4) is 5.75 Å². The Bertz CT molecular complexity index is 461. The van der Waals surface area contributed by atoms with E-state index in [0.29, 0.717) is 5.75 Å². The van der Waals surface area contributed by atoms with E-state index in [1.807, 2.05) is 0 Å². The lowest BCUT2D eigenvalue weighted by molar-refractivity contribution is -0.385. The molecule has 0 aliphatic heterocycles. The highest BCUT2D eigenvalue weighted by Gasteiger charge is 2.22. The van der Waals surface area contributed by atoms with Crippen molar-refractivity contribution in [2.45, 2.75) is 26.4 Å². The van der Waals surface area contributed by atoms with Crippen LogP contribution in [-0.2, 0) is 0 Å². The summed E-state index contributed by atoms with van der Waals surface area (Å²) in [6, 6.07) is 3.67. The molecule has 0 radical (unpaired) electrons. The Morgan fingerprint density at radius 3 is 2.41 bits per heavy atom. The van der Waals surface area contributed by atoms with Crippen LogP contribution in [0.5, 0.6) is 5.75 Å². The van der Waals surface area contributed by atoms with Gasteiger partial charge in [-0.1, -0.05) is 0 Å². The van der Waals surface area contributed by atoms with Crippen LogP contribution >= 0.6 is 0 Å². The largest absolute Gasteiger partial charge is 0.488 e. The van der Waals surface area contributed by atoms with Crippen LogP contribution in [0, 0.1) is 10.1 Å². The first-order valence-electron chi connectivity index (χ1n) is 4.91. The van der Waals surface area contributed by atoms with Gasteiger partial charge in [0.25, 0.3) is 5.69 Å². The summed E-state index contributed by atoms with van der Waals surface area (Å²) in [7, 11) is 0. The molecule has 0 unspecified atom stereocenters. The molecule has 0 fully saturated rings. The van der Waals surface area contributed by atoms with Crippen molar-refractivity contribution in [2.75, 3.05) is 0 Å². The molecule has 6 nitrogen and oxygen atoms in total. The lowest BCUT2D eigenvalue weighted by Gasteiger charge is -2.21. The molecule has 1 N–H and O–H groups in total. The van der Waals surface area contributed by atoms with Gasteiger partial charge in [-0.25, -0.2) is 4.79 Å². The summed E-state index contributed by atoms with van der Waals surface area (Å²) in [5.74, 6) is -1.06. The van der Waals surface area contributed by atoms with Crippen LogP contribution in [-0.4, -0.2) is 21.6 Å². The highest BCUT2D eigenvalue weighted by atomic mass is 16.6. The van der Waals surface area contributed by atoms with E-state index < -0.39 is 22.2 Å². The zero-order valence-corrected chi connectivity index (χ0v) is 9.76. The minimum absolute atomic E-state index is 0.292. The Labute approximate surface area is 98.0 Å². The normalized spacial score (nSPS) is 11.0. The molecule has 0 atom stereocenters. The minimum Gasteiger partial charge on any atom is -0.488 e. The van der Waals surface area contributed by atoms with Crippen molar-refractivity contribution in [1.82, 2.24) is 0 Å². The summed E-state index contributed by atoms with van der Waals surface area (Å²) in [5, 5.41) is 19.5. The van der Waals surface area contributed by atoms with Crippen LogP contribution in [0.3, 0.4) is 0 Å². The molecular formula is C11H13NO5. The number of hydrogen-bond acceptors (Lipinski definition) is 4. The lowest BCUT2D eigenvalue weighted by atomic mass is 10.1. The van der Waals surface area contributed by atoms with Gasteiger partial charge in [-0.3, -0.25) is 10.1 Å². The second-order valence-electron chi connectivity index (χ2n) is 4.46. The average Bonchev–Trinajstić information content (AvgIpc) is 2.14. The monoisotopic (exact) mass is 239 g/mol. The number of aromatic carboxylic acids is 1. The molecule has 0 aliphatic rings. The van der Waals surface area contributed by atoms with Gasteiger partial charge in [0.2, 0.25) is 0 Å². The topological polar surface area (TPSA) is 89.7 Å². The second kappa shape index (κ2) is 4.40. The van der Waals surface area contributed by atoms with Crippen molar-refractivity contribution in [3.05, 3.63) is 33.9 Å². The maximum Gasteiger partial charge on any atom is 0.342 e. The number of rotatable bonds is 3. The SMILES string of the molecule is CC(C)(C)Oc1ccc([N+](=O)[O-])c(C(=O)O)c1. The van der Waals surface area contributed by atoms with Crippen LogP contribution in [0.1, 0.15) is 31.1 Å². The number of ether oxygens (including phenoxy) is 1. The van der Waals surface area contributed by atoms with E-state index in [9.17, 15) is 14.9 Å². The van der Waals surface area contributed by atoms with Crippen molar-refractivity contribution < 1.29 is 19.6 Å². The Balaban J connectivity index is 3.19. The standard InChI is InChI=1S/C11H13NO5/c1-11(2,3)17-7-4-5-9(12(15)16)8(6-7)10(13)14/h4-6H,1-3H3,(H,13,14). The van der Waals surface area contributed by atoms with Crippen molar-refractivity contribution >= 4 is 11.7 Å². The maximum absolute atomic E-state index is 10.9. The van der Waals surface area contributed by atoms with Gasteiger partial charge in [0.05, 0.1) is 4.92 Å². The van der Waals surface area contributed by atoms with Crippen LogP contribution in [0.25, 0.3) is 0 Å². The first-order valence-corrected chi connectivity index (χ1v) is 4.91. The predicted octanol–water partition coefficient (Wildman–Crippen LogP) is 2.47. The Morgan fingerprint density at radius 1 is 1.41 bits per heavy atom. The third kappa shape index (κ3) is 3.44. The van der Waals surface area contributed by atoms with Gasteiger partial charge >= 0.3 is 5.97 Å². The van der Waals surface area contributed by atoms with Crippen molar-refractivity contribution in [2.24, 2.45) is 0 Å². The zero-order valence-electron chi connectivity index (χ0n) is 9.76. The highest BCUT2D eigenvalue weighted by Crippen LogP contribution is 2.26. The maximum atomic E-state index is 10.9. The van der Waals surface area contributed by atoms with E-state index in [4.69, 9.17) is 9.84 Å². The molecule has 1 aromatic rings. The summed E-state index contributed by atoms with van der Waals surface area (Å²) >= 11 is 0. The summed E-state index contributed by atoms with van der Waals surface area (Å²) in [6.45, 7) is 5.40. The summed E-state index contributed by atoms with van der Waals surface area (Å²) in [6.07, 6.45) is 0. The Morgan fingerprint density at radius 2 is 2.00 bits per heavy atom. The van der Waals surface area contributed by atoms with Crippen molar-refractivity contribution in [1.29, 1.82) is 0 Å². The first kappa shape index (κ1) is 13.0. The number of carboxylic acid groups (broad SMARTS) is 1. The van der Waals surface area contributed by atoms with Gasteiger partial charge < -0.3 is 9.84 Å². The fraction of sp³-hybridized carbons (Fsp3) is 0.364. The molecule has 0 spiro atoms. The van der Waals surface area contributed by atoms with Gasteiger partial charge in [-0.15, -0.1) is 0 Å². The van der Waals surface area contributed by atoms with Crippen molar-refractivity contribution in [3.63, 3.8) is 0 Å².